The highest BCUT2D eigenvalue weighted by atomic mass is 16.3. The lowest BCUT2D eigenvalue weighted by Crippen LogP contribution is -2.54. The maximum atomic E-state index is 14.4. The molecule has 0 fully saturated rings. The maximum absolute atomic E-state index is 14.4. The van der Waals surface area contributed by atoms with Crippen LogP contribution >= 0.6 is 0 Å². The van der Waals surface area contributed by atoms with Crippen molar-refractivity contribution in [1.82, 2.24) is 13.7 Å². The van der Waals surface area contributed by atoms with Crippen molar-refractivity contribution in [2.45, 2.75) is 117 Å². The molecule has 0 aliphatic heterocycles. The molecule has 3 aromatic carbocycles. The molecule has 0 radical (unpaired) electrons. The normalized spacial score (nSPS) is 12.2. The second kappa shape index (κ2) is 15.6. The van der Waals surface area contributed by atoms with Gasteiger partial charge in [0.15, 0.2) is 0 Å². The number of hydrogen-bond donors (Lipinski definition) is 3. The first-order chi connectivity index (χ1) is 25.0. The summed E-state index contributed by atoms with van der Waals surface area (Å²) in [6.45, 7) is 28.7. The van der Waals surface area contributed by atoms with Gasteiger partial charge in [-0.3, -0.25) is 0 Å². The van der Waals surface area contributed by atoms with Crippen LogP contribution in [0.5, 0.6) is 17.2 Å². The van der Waals surface area contributed by atoms with Crippen LogP contribution in [0.3, 0.4) is 0 Å². The molecule has 4 rings (SSSR count). The van der Waals surface area contributed by atoms with Crippen LogP contribution in [0, 0.1) is 0 Å². The first kappa shape index (κ1) is 41.4. The molecule has 0 spiro atoms. The number of hydrogen-bond acceptors (Lipinski definition) is 6. The molecule has 0 saturated carbocycles. The first-order valence-corrected chi connectivity index (χ1v) is 18.4. The number of aromatic nitrogens is 3. The molecule has 0 unspecified atom stereocenters. The van der Waals surface area contributed by atoms with Crippen molar-refractivity contribution >= 4 is 0 Å². The van der Waals surface area contributed by atoms with Crippen molar-refractivity contribution in [3.8, 4) is 17.2 Å². The van der Waals surface area contributed by atoms with Gasteiger partial charge in [0.05, 0.1) is 19.6 Å². The van der Waals surface area contributed by atoms with Crippen molar-refractivity contribution < 1.29 is 15.3 Å². The first-order valence-electron chi connectivity index (χ1n) is 18.4. The van der Waals surface area contributed by atoms with Crippen molar-refractivity contribution in [1.29, 1.82) is 0 Å². The predicted molar refractivity (Wildman–Crippen MR) is 219 cm³/mol. The van der Waals surface area contributed by atoms with Crippen LogP contribution in [-0.2, 0) is 55.1 Å². The second-order valence-corrected chi connectivity index (χ2v) is 17.3. The molecule has 0 saturated heterocycles. The Morgan fingerprint density at radius 3 is 0.870 bits per heavy atom. The van der Waals surface area contributed by atoms with E-state index in [1.165, 1.54) is 0 Å². The number of benzene rings is 3. The van der Waals surface area contributed by atoms with E-state index in [2.05, 4.69) is 19.7 Å². The van der Waals surface area contributed by atoms with E-state index < -0.39 is 33.3 Å². The SMILES string of the molecule is C=CCc1cc(Cn2c(=O)n(Cc3cc(CC=C)c(O)c(C(C)(C)C)c3)c(=O)n(Cc3cc(CC=C)c(O)c(C(C)(C)C)c3)c2=O)cc(C(C)(C)C)c1O. The third-order valence-corrected chi connectivity index (χ3v) is 9.67. The Hall–Kier alpha value is -5.31. The summed E-state index contributed by atoms with van der Waals surface area (Å²) in [7, 11) is 0. The number of allylic oxidation sites excluding steroid dienone is 3. The van der Waals surface area contributed by atoms with Crippen LogP contribution < -0.4 is 17.1 Å². The van der Waals surface area contributed by atoms with Crippen LogP contribution in [0.25, 0.3) is 0 Å². The molecular formula is C45H57N3O6. The standard InChI is InChI=1S/C45H57N3O6/c1-13-16-31-19-28(22-34(37(31)49)43(4,5)6)25-46-40(52)47(26-29-20-32(17-14-2)38(50)35(23-29)44(7,8)9)42(54)48(41(46)53)27-30-21-33(18-15-3)39(51)36(24-30)45(10,11)12/h13-15,19-24,49-51H,1-3,16-18,25-27H2,4-12H3. The lowest BCUT2D eigenvalue weighted by atomic mass is 9.83. The number of phenols is 3. The van der Waals surface area contributed by atoms with Gasteiger partial charge >= 0.3 is 17.1 Å². The van der Waals surface area contributed by atoms with Gasteiger partial charge in [0, 0.05) is 0 Å². The summed E-state index contributed by atoms with van der Waals surface area (Å²) in [5.41, 5.74) is 1.84. The minimum atomic E-state index is -0.791. The summed E-state index contributed by atoms with van der Waals surface area (Å²) < 4.78 is 3.18. The molecule has 288 valence electrons. The van der Waals surface area contributed by atoms with E-state index in [1.54, 1.807) is 54.6 Å². The molecule has 9 nitrogen and oxygen atoms in total. The van der Waals surface area contributed by atoms with Crippen LogP contribution in [0.1, 0.15) is 112 Å². The Morgan fingerprint density at radius 1 is 0.463 bits per heavy atom. The quantitative estimate of drug-likeness (QED) is 0.129. The minimum absolute atomic E-state index is 0.135. The Kier molecular flexibility index (Phi) is 12.0. The van der Waals surface area contributed by atoms with Crippen LogP contribution in [0.2, 0.25) is 0 Å². The summed E-state index contributed by atoms with van der Waals surface area (Å²) in [6, 6.07) is 10.6. The Balaban J connectivity index is 2.05. The molecule has 0 aliphatic rings. The largest absolute Gasteiger partial charge is 0.507 e. The van der Waals surface area contributed by atoms with Crippen LogP contribution in [-0.4, -0.2) is 29.0 Å². The molecule has 1 aromatic heterocycles. The fourth-order valence-electron chi connectivity index (χ4n) is 6.84. The fourth-order valence-corrected chi connectivity index (χ4v) is 6.84. The van der Waals surface area contributed by atoms with Crippen LogP contribution in [0.15, 0.2) is 88.7 Å². The summed E-state index contributed by atoms with van der Waals surface area (Å²) in [4.78, 5) is 43.3. The molecular weight excluding hydrogens is 679 g/mol. The van der Waals surface area contributed by atoms with Crippen LogP contribution in [0.4, 0.5) is 0 Å². The molecule has 0 bridgehead atoms. The maximum Gasteiger partial charge on any atom is 0.336 e. The third kappa shape index (κ3) is 8.73. The van der Waals surface area contributed by atoms with Gasteiger partial charge in [-0.15, -0.1) is 19.7 Å². The Labute approximate surface area is 318 Å². The lowest BCUT2D eigenvalue weighted by Gasteiger charge is -2.24. The number of aromatic hydroxyl groups is 3. The molecule has 1 heterocycles. The lowest BCUT2D eigenvalue weighted by molar-refractivity contribution is 0.440. The number of rotatable bonds is 12. The topological polar surface area (TPSA) is 127 Å². The second-order valence-electron chi connectivity index (χ2n) is 17.3. The van der Waals surface area contributed by atoms with E-state index >= 15 is 0 Å². The van der Waals surface area contributed by atoms with E-state index in [0.29, 0.717) is 69.3 Å². The summed E-state index contributed by atoms with van der Waals surface area (Å²) >= 11 is 0. The highest BCUT2D eigenvalue weighted by Crippen LogP contribution is 2.37. The predicted octanol–water partition coefficient (Wildman–Crippen LogP) is 7.51. The van der Waals surface area contributed by atoms with E-state index in [9.17, 15) is 29.7 Å². The number of phenolic OH excluding ortho intramolecular Hbond substituents is 3. The molecule has 0 amide bonds. The average Bonchev–Trinajstić information content (AvgIpc) is 3.06. The van der Waals surface area contributed by atoms with Gasteiger partial charge in [-0.1, -0.05) is 80.5 Å². The highest BCUT2D eigenvalue weighted by Gasteiger charge is 2.26. The molecule has 9 heteroatoms. The van der Waals surface area contributed by atoms with Gasteiger partial charge in [0.25, 0.3) is 0 Å². The third-order valence-electron chi connectivity index (χ3n) is 9.67. The molecule has 0 atom stereocenters. The van der Waals surface area contributed by atoms with E-state index in [1.807, 2.05) is 62.3 Å². The highest BCUT2D eigenvalue weighted by molar-refractivity contribution is 5.50. The molecule has 54 heavy (non-hydrogen) atoms. The average molecular weight is 736 g/mol. The van der Waals surface area contributed by atoms with Gasteiger partial charge in [0.2, 0.25) is 0 Å². The van der Waals surface area contributed by atoms with Crippen molar-refractivity contribution in [2.24, 2.45) is 0 Å². The summed E-state index contributed by atoms with van der Waals surface area (Å²) in [5.74, 6) is 0.404. The zero-order valence-electron chi connectivity index (χ0n) is 33.5. The monoisotopic (exact) mass is 735 g/mol. The Morgan fingerprint density at radius 2 is 0.685 bits per heavy atom. The smallest absolute Gasteiger partial charge is 0.336 e. The van der Waals surface area contributed by atoms with Gasteiger partial charge < -0.3 is 15.3 Å². The van der Waals surface area contributed by atoms with Gasteiger partial charge in [-0.2, -0.15) is 0 Å². The van der Waals surface area contributed by atoms with E-state index in [0.717, 1.165) is 13.7 Å². The minimum Gasteiger partial charge on any atom is -0.507 e. The summed E-state index contributed by atoms with van der Waals surface area (Å²) in [5, 5.41) is 33.5. The molecule has 4 aromatic rings. The zero-order chi connectivity index (χ0) is 40.5. The van der Waals surface area contributed by atoms with Gasteiger partial charge in [0.1, 0.15) is 17.2 Å². The molecule has 0 aliphatic carbocycles. The van der Waals surface area contributed by atoms with Crippen molar-refractivity contribution in [3.05, 3.63) is 156 Å². The Bertz CT molecular complexity index is 2000. The number of nitrogens with zero attached hydrogens (tertiary/aromatic N) is 3. The van der Waals surface area contributed by atoms with Gasteiger partial charge in [-0.05, 0) is 122 Å². The van der Waals surface area contributed by atoms with Crippen molar-refractivity contribution in [3.63, 3.8) is 0 Å². The van der Waals surface area contributed by atoms with E-state index in [-0.39, 0.29) is 36.9 Å². The summed E-state index contributed by atoms with van der Waals surface area (Å²) in [6.07, 6.45) is 6.15. The molecule has 3 N–H and O–H groups in total. The van der Waals surface area contributed by atoms with Crippen molar-refractivity contribution in [2.75, 3.05) is 0 Å². The zero-order valence-corrected chi connectivity index (χ0v) is 33.5. The van der Waals surface area contributed by atoms with Gasteiger partial charge in [-0.25, -0.2) is 28.1 Å². The fraction of sp³-hybridized carbons (Fsp3) is 0.400. The van der Waals surface area contributed by atoms with E-state index in [4.69, 9.17) is 0 Å².